The quantitative estimate of drug-likeness (QED) is 0.920. The maximum Gasteiger partial charge on any atom is 0.123 e. The molecule has 96 valence electrons. The predicted octanol–water partition coefficient (Wildman–Crippen LogP) is 4.11. The lowest BCUT2D eigenvalue weighted by Crippen LogP contribution is -2.06. The smallest absolute Gasteiger partial charge is 0.123 e. The Labute approximate surface area is 120 Å². The van der Waals surface area contributed by atoms with E-state index >= 15 is 0 Å². The number of anilines is 1. The third kappa shape index (κ3) is 3.55. The molecule has 0 saturated heterocycles. The molecule has 0 amide bonds. The van der Waals surface area contributed by atoms with Gasteiger partial charge in [-0.05, 0) is 52.2 Å². The van der Waals surface area contributed by atoms with Gasteiger partial charge in [0.2, 0.25) is 0 Å². The fourth-order valence-corrected chi connectivity index (χ4v) is 2.23. The SMILES string of the molecule is N#Cc1c(Br)cccc1NCCc1ccc(F)cc1. The van der Waals surface area contributed by atoms with E-state index in [1.165, 1.54) is 12.1 Å². The summed E-state index contributed by atoms with van der Waals surface area (Å²) in [7, 11) is 0. The van der Waals surface area contributed by atoms with Gasteiger partial charge in [0.05, 0.1) is 11.3 Å². The van der Waals surface area contributed by atoms with E-state index in [-0.39, 0.29) is 5.82 Å². The second-order valence-electron chi connectivity index (χ2n) is 4.08. The van der Waals surface area contributed by atoms with Crippen molar-refractivity contribution in [3.05, 3.63) is 63.9 Å². The normalized spacial score (nSPS) is 9.95. The number of halogens is 2. The summed E-state index contributed by atoms with van der Waals surface area (Å²) in [6.45, 7) is 0.691. The fourth-order valence-electron chi connectivity index (χ4n) is 1.78. The molecule has 0 aliphatic carbocycles. The molecule has 0 bridgehead atoms. The van der Waals surface area contributed by atoms with Crippen LogP contribution >= 0.6 is 15.9 Å². The third-order valence-electron chi connectivity index (χ3n) is 2.77. The van der Waals surface area contributed by atoms with E-state index in [4.69, 9.17) is 5.26 Å². The lowest BCUT2D eigenvalue weighted by atomic mass is 10.1. The van der Waals surface area contributed by atoms with E-state index in [0.29, 0.717) is 12.1 Å². The van der Waals surface area contributed by atoms with Gasteiger partial charge in [-0.15, -0.1) is 0 Å². The van der Waals surface area contributed by atoms with E-state index in [9.17, 15) is 4.39 Å². The van der Waals surface area contributed by atoms with Crippen LogP contribution in [0.25, 0.3) is 0 Å². The zero-order chi connectivity index (χ0) is 13.7. The number of benzene rings is 2. The van der Waals surface area contributed by atoms with Gasteiger partial charge in [0.25, 0.3) is 0 Å². The zero-order valence-electron chi connectivity index (χ0n) is 10.2. The summed E-state index contributed by atoms with van der Waals surface area (Å²) in [6, 6.07) is 14.2. The second kappa shape index (κ2) is 6.35. The molecule has 0 heterocycles. The Morgan fingerprint density at radius 2 is 1.89 bits per heavy atom. The third-order valence-corrected chi connectivity index (χ3v) is 3.43. The second-order valence-corrected chi connectivity index (χ2v) is 4.93. The van der Waals surface area contributed by atoms with Gasteiger partial charge in [0.15, 0.2) is 0 Å². The largest absolute Gasteiger partial charge is 0.384 e. The number of nitrogens with zero attached hydrogens (tertiary/aromatic N) is 1. The van der Waals surface area contributed by atoms with Crippen LogP contribution in [0.4, 0.5) is 10.1 Å². The molecular weight excluding hydrogens is 307 g/mol. The predicted molar refractivity (Wildman–Crippen MR) is 77.5 cm³/mol. The average Bonchev–Trinajstić information content (AvgIpc) is 2.41. The van der Waals surface area contributed by atoms with Crippen molar-refractivity contribution in [1.82, 2.24) is 0 Å². The van der Waals surface area contributed by atoms with E-state index in [1.54, 1.807) is 12.1 Å². The van der Waals surface area contributed by atoms with Crippen molar-refractivity contribution in [2.75, 3.05) is 11.9 Å². The van der Waals surface area contributed by atoms with Crippen LogP contribution in [-0.2, 0) is 6.42 Å². The highest BCUT2D eigenvalue weighted by Gasteiger charge is 2.05. The van der Waals surface area contributed by atoms with Crippen molar-refractivity contribution in [3.63, 3.8) is 0 Å². The molecular formula is C15H12BrFN2. The zero-order valence-corrected chi connectivity index (χ0v) is 11.7. The van der Waals surface area contributed by atoms with Crippen LogP contribution in [0.5, 0.6) is 0 Å². The maximum absolute atomic E-state index is 12.8. The van der Waals surface area contributed by atoms with Crippen molar-refractivity contribution in [2.24, 2.45) is 0 Å². The minimum absolute atomic E-state index is 0.226. The molecule has 2 nitrogen and oxygen atoms in total. The molecule has 0 radical (unpaired) electrons. The molecule has 0 aliphatic rings. The molecule has 0 unspecified atom stereocenters. The number of hydrogen-bond acceptors (Lipinski definition) is 2. The van der Waals surface area contributed by atoms with Crippen LogP contribution in [0.1, 0.15) is 11.1 Å². The topological polar surface area (TPSA) is 35.8 Å². The number of nitrogens with one attached hydrogen (secondary N) is 1. The molecule has 0 fully saturated rings. The molecule has 0 spiro atoms. The molecule has 2 aromatic rings. The first-order valence-corrected chi connectivity index (χ1v) is 6.67. The standard InChI is InChI=1S/C15H12BrFN2/c16-14-2-1-3-15(13(14)10-18)19-9-8-11-4-6-12(17)7-5-11/h1-7,19H,8-9H2. The fraction of sp³-hybridized carbons (Fsp3) is 0.133. The lowest BCUT2D eigenvalue weighted by Gasteiger charge is -2.09. The first kappa shape index (κ1) is 13.6. The monoisotopic (exact) mass is 318 g/mol. The summed E-state index contributed by atoms with van der Waals surface area (Å²) in [5.41, 5.74) is 2.46. The molecule has 1 N–H and O–H groups in total. The summed E-state index contributed by atoms with van der Waals surface area (Å²) in [5.74, 6) is -0.226. The Balaban J connectivity index is 1.98. The van der Waals surface area contributed by atoms with Gasteiger partial charge < -0.3 is 5.32 Å². The summed E-state index contributed by atoms with van der Waals surface area (Å²) >= 11 is 3.35. The molecule has 19 heavy (non-hydrogen) atoms. The summed E-state index contributed by atoms with van der Waals surface area (Å²) in [6.07, 6.45) is 0.775. The van der Waals surface area contributed by atoms with Gasteiger partial charge in [-0.1, -0.05) is 18.2 Å². The Bertz CT molecular complexity index is 603. The van der Waals surface area contributed by atoms with Crippen molar-refractivity contribution >= 4 is 21.6 Å². The summed E-state index contributed by atoms with van der Waals surface area (Å²) in [5, 5.41) is 12.3. The first-order chi connectivity index (χ1) is 9.20. The number of rotatable bonds is 4. The molecule has 0 aromatic heterocycles. The van der Waals surface area contributed by atoms with Gasteiger partial charge in [0, 0.05) is 11.0 Å². The molecule has 0 saturated carbocycles. The van der Waals surface area contributed by atoms with Crippen LogP contribution in [0.2, 0.25) is 0 Å². The molecule has 2 rings (SSSR count). The highest BCUT2D eigenvalue weighted by Crippen LogP contribution is 2.23. The van der Waals surface area contributed by atoms with E-state index < -0.39 is 0 Å². The Kier molecular flexibility index (Phi) is 4.53. The Hall–Kier alpha value is -1.86. The van der Waals surface area contributed by atoms with E-state index in [2.05, 4.69) is 27.3 Å². The van der Waals surface area contributed by atoms with Crippen molar-refractivity contribution in [1.29, 1.82) is 5.26 Å². The van der Waals surface area contributed by atoms with Crippen LogP contribution < -0.4 is 5.32 Å². The molecule has 2 aromatic carbocycles. The number of nitriles is 1. The van der Waals surface area contributed by atoms with Crippen molar-refractivity contribution in [3.8, 4) is 6.07 Å². The minimum Gasteiger partial charge on any atom is -0.384 e. The van der Waals surface area contributed by atoms with E-state index in [1.807, 2.05) is 18.2 Å². The van der Waals surface area contributed by atoms with E-state index in [0.717, 1.165) is 22.1 Å². The molecule has 0 atom stereocenters. The van der Waals surface area contributed by atoms with Gasteiger partial charge in [-0.25, -0.2) is 4.39 Å². The summed E-state index contributed by atoms with van der Waals surface area (Å²) < 4.78 is 13.5. The highest BCUT2D eigenvalue weighted by atomic mass is 79.9. The first-order valence-electron chi connectivity index (χ1n) is 5.87. The van der Waals surface area contributed by atoms with Gasteiger partial charge in [0.1, 0.15) is 11.9 Å². The lowest BCUT2D eigenvalue weighted by molar-refractivity contribution is 0.627. The maximum atomic E-state index is 12.8. The molecule has 4 heteroatoms. The summed E-state index contributed by atoms with van der Waals surface area (Å²) in [4.78, 5) is 0. The van der Waals surface area contributed by atoms with Crippen LogP contribution in [0.15, 0.2) is 46.9 Å². The Morgan fingerprint density at radius 1 is 1.16 bits per heavy atom. The van der Waals surface area contributed by atoms with Crippen LogP contribution in [0.3, 0.4) is 0 Å². The minimum atomic E-state index is -0.226. The van der Waals surface area contributed by atoms with Gasteiger partial charge in [-0.2, -0.15) is 5.26 Å². The van der Waals surface area contributed by atoms with Crippen LogP contribution in [-0.4, -0.2) is 6.54 Å². The van der Waals surface area contributed by atoms with Crippen LogP contribution in [0, 0.1) is 17.1 Å². The van der Waals surface area contributed by atoms with Gasteiger partial charge in [-0.3, -0.25) is 0 Å². The average molecular weight is 319 g/mol. The Morgan fingerprint density at radius 3 is 2.58 bits per heavy atom. The molecule has 0 aliphatic heterocycles. The highest BCUT2D eigenvalue weighted by molar-refractivity contribution is 9.10. The van der Waals surface area contributed by atoms with Crippen molar-refractivity contribution in [2.45, 2.75) is 6.42 Å². The number of hydrogen-bond donors (Lipinski definition) is 1. The van der Waals surface area contributed by atoms with Crippen molar-refractivity contribution < 1.29 is 4.39 Å². The van der Waals surface area contributed by atoms with Gasteiger partial charge >= 0.3 is 0 Å².